The maximum Gasteiger partial charge on any atom is 0.274 e. The summed E-state index contributed by atoms with van der Waals surface area (Å²) >= 11 is 0. The number of carbonyl (C=O) groups excluding carboxylic acids is 1. The fourth-order valence-electron chi connectivity index (χ4n) is 1.83. The number of aryl methyl sites for hydroxylation is 1. The second kappa shape index (κ2) is 5.48. The van der Waals surface area contributed by atoms with E-state index in [1.165, 1.54) is 6.26 Å². The molecular formula is C13H16N2O2. The van der Waals surface area contributed by atoms with Gasteiger partial charge in [-0.25, -0.2) is 5.43 Å². The van der Waals surface area contributed by atoms with Gasteiger partial charge in [-0.3, -0.25) is 4.79 Å². The predicted octanol–water partition coefficient (Wildman–Crippen LogP) is 2.66. The van der Waals surface area contributed by atoms with Crippen molar-refractivity contribution in [2.45, 2.75) is 26.2 Å². The predicted molar refractivity (Wildman–Crippen MR) is 65.9 cm³/mol. The highest BCUT2D eigenvalue weighted by molar-refractivity contribution is 5.95. The molecule has 4 nitrogen and oxygen atoms in total. The minimum absolute atomic E-state index is 0.223. The van der Waals surface area contributed by atoms with Gasteiger partial charge in [0, 0.05) is 6.21 Å². The number of rotatable bonds is 3. The van der Waals surface area contributed by atoms with Crippen LogP contribution in [0.3, 0.4) is 0 Å². The van der Waals surface area contributed by atoms with Crippen molar-refractivity contribution in [3.63, 3.8) is 0 Å². The maximum absolute atomic E-state index is 11.7. The summed E-state index contributed by atoms with van der Waals surface area (Å²) in [4.78, 5) is 11.7. The lowest BCUT2D eigenvalue weighted by Crippen LogP contribution is -2.19. The first-order chi connectivity index (χ1) is 8.27. The molecule has 1 heterocycles. The second-order valence-electron chi connectivity index (χ2n) is 4.15. The Kier molecular flexibility index (Phi) is 3.75. The topological polar surface area (TPSA) is 54.6 Å². The Morgan fingerprint density at radius 2 is 2.47 bits per heavy atom. The van der Waals surface area contributed by atoms with Crippen LogP contribution in [0.1, 0.15) is 35.4 Å². The van der Waals surface area contributed by atoms with Crippen molar-refractivity contribution in [1.29, 1.82) is 0 Å². The third-order valence-corrected chi connectivity index (χ3v) is 2.86. The summed E-state index contributed by atoms with van der Waals surface area (Å²) in [6, 6.07) is 1.64. The number of nitrogens with zero attached hydrogens (tertiary/aromatic N) is 1. The zero-order valence-electron chi connectivity index (χ0n) is 9.85. The number of hydrogen-bond donors (Lipinski definition) is 1. The minimum Gasteiger partial charge on any atom is -0.469 e. The summed E-state index contributed by atoms with van der Waals surface area (Å²) in [7, 11) is 0. The van der Waals surface area contributed by atoms with E-state index in [9.17, 15) is 4.79 Å². The molecule has 0 aliphatic heterocycles. The zero-order chi connectivity index (χ0) is 12.1. The molecular weight excluding hydrogens is 216 g/mol. The summed E-state index contributed by atoms with van der Waals surface area (Å²) in [6.07, 6.45) is 10.8. The van der Waals surface area contributed by atoms with Crippen LogP contribution >= 0.6 is 0 Å². The van der Waals surface area contributed by atoms with E-state index < -0.39 is 0 Å². The first-order valence-corrected chi connectivity index (χ1v) is 5.80. The molecule has 1 aromatic rings. The van der Waals surface area contributed by atoms with E-state index in [1.807, 2.05) is 6.21 Å². The van der Waals surface area contributed by atoms with Crippen molar-refractivity contribution in [3.8, 4) is 0 Å². The Balaban J connectivity index is 1.86. The Hall–Kier alpha value is -1.84. The Labute approximate surface area is 100 Å². The smallest absolute Gasteiger partial charge is 0.274 e. The average molecular weight is 232 g/mol. The minimum atomic E-state index is -0.223. The molecule has 4 heteroatoms. The molecule has 0 saturated carbocycles. The van der Waals surface area contributed by atoms with E-state index in [2.05, 4.69) is 22.7 Å². The van der Waals surface area contributed by atoms with Crippen LogP contribution in [0.25, 0.3) is 0 Å². The molecule has 90 valence electrons. The first kappa shape index (κ1) is 11.6. The van der Waals surface area contributed by atoms with Crippen molar-refractivity contribution in [2.24, 2.45) is 11.0 Å². The van der Waals surface area contributed by atoms with Crippen molar-refractivity contribution in [2.75, 3.05) is 0 Å². The van der Waals surface area contributed by atoms with E-state index in [-0.39, 0.29) is 5.91 Å². The molecule has 1 unspecified atom stereocenters. The van der Waals surface area contributed by atoms with E-state index in [4.69, 9.17) is 4.42 Å². The molecule has 0 saturated heterocycles. The number of hydrogen-bond acceptors (Lipinski definition) is 3. The first-order valence-electron chi connectivity index (χ1n) is 5.80. The number of amides is 1. The molecule has 2 rings (SSSR count). The standard InChI is InChI=1S/C13H16N2O2/c1-10-12(7-8-17-10)13(16)15-14-9-11-5-3-2-4-6-11/h2-3,7-9,11H,4-6H2,1H3,(H,15,16)/b14-9+. The highest BCUT2D eigenvalue weighted by atomic mass is 16.3. The van der Waals surface area contributed by atoms with Crippen molar-refractivity contribution >= 4 is 12.1 Å². The van der Waals surface area contributed by atoms with E-state index in [0.717, 1.165) is 19.3 Å². The van der Waals surface area contributed by atoms with Crippen LogP contribution in [0.2, 0.25) is 0 Å². The van der Waals surface area contributed by atoms with Crippen LogP contribution in [0, 0.1) is 12.8 Å². The molecule has 1 atom stereocenters. The molecule has 1 N–H and O–H groups in total. The van der Waals surface area contributed by atoms with Gasteiger partial charge in [0.1, 0.15) is 5.76 Å². The molecule has 1 amide bonds. The number of furan rings is 1. The molecule has 0 spiro atoms. The highest BCUT2D eigenvalue weighted by Crippen LogP contribution is 2.15. The quantitative estimate of drug-likeness (QED) is 0.495. The summed E-state index contributed by atoms with van der Waals surface area (Å²) in [5.74, 6) is 0.822. The van der Waals surface area contributed by atoms with Crippen molar-refractivity contribution in [3.05, 3.63) is 35.8 Å². The normalized spacial score (nSPS) is 19.7. The van der Waals surface area contributed by atoms with Gasteiger partial charge in [0.15, 0.2) is 0 Å². The van der Waals surface area contributed by atoms with E-state index >= 15 is 0 Å². The summed E-state index contributed by atoms with van der Waals surface area (Å²) in [6.45, 7) is 1.75. The number of carbonyl (C=O) groups is 1. The molecule has 1 aromatic heterocycles. The monoisotopic (exact) mass is 232 g/mol. The molecule has 1 aliphatic carbocycles. The zero-order valence-corrected chi connectivity index (χ0v) is 9.85. The lowest BCUT2D eigenvalue weighted by Gasteiger charge is -2.11. The molecule has 0 aromatic carbocycles. The largest absolute Gasteiger partial charge is 0.469 e. The summed E-state index contributed by atoms with van der Waals surface area (Å²) < 4.78 is 5.06. The van der Waals surface area contributed by atoms with Crippen LogP contribution < -0.4 is 5.43 Å². The Morgan fingerprint density at radius 1 is 1.59 bits per heavy atom. The molecule has 0 bridgehead atoms. The molecule has 1 aliphatic rings. The van der Waals surface area contributed by atoms with Crippen LogP contribution in [0.4, 0.5) is 0 Å². The van der Waals surface area contributed by atoms with Gasteiger partial charge in [-0.05, 0) is 38.2 Å². The second-order valence-corrected chi connectivity index (χ2v) is 4.15. The van der Waals surface area contributed by atoms with Crippen LogP contribution in [0.5, 0.6) is 0 Å². The lowest BCUT2D eigenvalue weighted by molar-refractivity contribution is 0.0953. The summed E-state index contributed by atoms with van der Waals surface area (Å²) in [5.41, 5.74) is 3.05. The van der Waals surface area contributed by atoms with E-state index in [0.29, 0.717) is 17.2 Å². The Bertz CT molecular complexity index is 446. The van der Waals surface area contributed by atoms with Crippen LogP contribution in [-0.2, 0) is 0 Å². The fourth-order valence-corrected chi connectivity index (χ4v) is 1.83. The fraction of sp³-hybridized carbons (Fsp3) is 0.385. The van der Waals surface area contributed by atoms with Gasteiger partial charge in [0.2, 0.25) is 0 Å². The molecule has 0 radical (unpaired) electrons. The van der Waals surface area contributed by atoms with Gasteiger partial charge in [0.25, 0.3) is 5.91 Å². The third-order valence-electron chi connectivity index (χ3n) is 2.86. The van der Waals surface area contributed by atoms with Gasteiger partial charge in [0.05, 0.1) is 11.8 Å². The average Bonchev–Trinajstić information content (AvgIpc) is 2.77. The van der Waals surface area contributed by atoms with Gasteiger partial charge in [-0.2, -0.15) is 5.10 Å². The summed E-state index contributed by atoms with van der Waals surface area (Å²) in [5, 5.41) is 3.99. The van der Waals surface area contributed by atoms with Gasteiger partial charge in [-0.1, -0.05) is 12.2 Å². The van der Waals surface area contributed by atoms with Gasteiger partial charge >= 0.3 is 0 Å². The van der Waals surface area contributed by atoms with Crippen LogP contribution in [0.15, 0.2) is 34.0 Å². The highest BCUT2D eigenvalue weighted by Gasteiger charge is 2.10. The Morgan fingerprint density at radius 3 is 3.12 bits per heavy atom. The number of allylic oxidation sites excluding steroid dienone is 2. The third kappa shape index (κ3) is 3.06. The molecule has 0 fully saturated rings. The van der Waals surface area contributed by atoms with Gasteiger partial charge in [-0.15, -0.1) is 0 Å². The van der Waals surface area contributed by atoms with E-state index in [1.54, 1.807) is 13.0 Å². The lowest BCUT2D eigenvalue weighted by atomic mass is 9.96. The van der Waals surface area contributed by atoms with Crippen LogP contribution in [-0.4, -0.2) is 12.1 Å². The van der Waals surface area contributed by atoms with Crippen molar-refractivity contribution in [1.82, 2.24) is 5.43 Å². The number of hydrazone groups is 1. The SMILES string of the molecule is Cc1occc1C(=O)N/N=C/C1CC=CCC1. The number of nitrogens with one attached hydrogen (secondary N) is 1. The van der Waals surface area contributed by atoms with Gasteiger partial charge < -0.3 is 4.42 Å². The molecule has 17 heavy (non-hydrogen) atoms. The maximum atomic E-state index is 11.7. The van der Waals surface area contributed by atoms with Crippen molar-refractivity contribution < 1.29 is 9.21 Å².